The first-order valence-electron chi connectivity index (χ1n) is 5.57. The van der Waals surface area contributed by atoms with Gasteiger partial charge in [0.25, 0.3) is 0 Å². The van der Waals surface area contributed by atoms with Crippen molar-refractivity contribution in [3.63, 3.8) is 0 Å². The Morgan fingerprint density at radius 1 is 1.40 bits per heavy atom. The van der Waals surface area contributed by atoms with Gasteiger partial charge in [-0.1, -0.05) is 13.3 Å². The van der Waals surface area contributed by atoms with E-state index in [1.807, 2.05) is 19.2 Å². The summed E-state index contributed by atoms with van der Waals surface area (Å²) in [4.78, 5) is 8.44. The summed E-state index contributed by atoms with van der Waals surface area (Å²) in [5, 5.41) is 3.51. The minimum Gasteiger partial charge on any atom is -0.306 e. The molecule has 0 spiro atoms. The smallest absolute Gasteiger partial charge is 0.125 e. The van der Waals surface area contributed by atoms with Crippen molar-refractivity contribution in [1.29, 1.82) is 0 Å². The van der Waals surface area contributed by atoms with Crippen LogP contribution in [0, 0.1) is 6.92 Å². The second-order valence-electron chi connectivity index (χ2n) is 4.58. The first-order chi connectivity index (χ1) is 7.03. The zero-order valence-electron chi connectivity index (χ0n) is 10.2. The van der Waals surface area contributed by atoms with E-state index in [2.05, 4.69) is 36.1 Å². The van der Waals surface area contributed by atoms with Gasteiger partial charge in [-0.2, -0.15) is 0 Å². The van der Waals surface area contributed by atoms with Gasteiger partial charge >= 0.3 is 0 Å². The van der Waals surface area contributed by atoms with Gasteiger partial charge in [-0.25, -0.2) is 9.97 Å². The maximum atomic E-state index is 4.36. The maximum Gasteiger partial charge on any atom is 0.125 e. The highest BCUT2D eigenvalue weighted by Gasteiger charge is 2.15. The van der Waals surface area contributed by atoms with Gasteiger partial charge in [0.1, 0.15) is 5.82 Å². The van der Waals surface area contributed by atoms with Gasteiger partial charge in [0, 0.05) is 18.3 Å². The molecule has 0 unspecified atom stereocenters. The zero-order chi connectivity index (χ0) is 11.3. The Balaban J connectivity index is 2.49. The molecule has 0 aliphatic rings. The number of rotatable bonds is 5. The fourth-order valence-corrected chi connectivity index (χ4v) is 1.65. The van der Waals surface area contributed by atoms with Crippen LogP contribution >= 0.6 is 0 Å². The van der Waals surface area contributed by atoms with E-state index in [1.165, 1.54) is 12.8 Å². The molecule has 1 heterocycles. The second-order valence-corrected chi connectivity index (χ2v) is 4.58. The van der Waals surface area contributed by atoms with Crippen LogP contribution in [0.1, 0.15) is 45.1 Å². The van der Waals surface area contributed by atoms with Crippen LogP contribution in [-0.2, 0) is 6.54 Å². The van der Waals surface area contributed by atoms with E-state index in [4.69, 9.17) is 0 Å². The Morgan fingerprint density at radius 3 is 2.73 bits per heavy atom. The van der Waals surface area contributed by atoms with Crippen molar-refractivity contribution in [2.75, 3.05) is 0 Å². The molecule has 84 valence electrons. The van der Waals surface area contributed by atoms with E-state index >= 15 is 0 Å². The van der Waals surface area contributed by atoms with E-state index < -0.39 is 0 Å². The predicted octanol–water partition coefficient (Wildman–Crippen LogP) is 2.45. The Bertz CT molecular complexity index is 307. The van der Waals surface area contributed by atoms with Crippen molar-refractivity contribution < 1.29 is 0 Å². The lowest BCUT2D eigenvalue weighted by atomic mass is 9.99. The lowest BCUT2D eigenvalue weighted by Gasteiger charge is -2.25. The van der Waals surface area contributed by atoms with Crippen molar-refractivity contribution in [1.82, 2.24) is 15.3 Å². The summed E-state index contributed by atoms with van der Waals surface area (Å²) in [7, 11) is 0. The Hall–Kier alpha value is -0.960. The van der Waals surface area contributed by atoms with Crippen LogP contribution in [0.2, 0.25) is 0 Å². The first-order valence-corrected chi connectivity index (χ1v) is 5.57. The van der Waals surface area contributed by atoms with E-state index in [0.29, 0.717) is 0 Å². The Kier molecular flexibility index (Phi) is 4.21. The molecule has 1 rings (SSSR count). The van der Waals surface area contributed by atoms with Crippen molar-refractivity contribution in [2.24, 2.45) is 0 Å². The summed E-state index contributed by atoms with van der Waals surface area (Å²) in [6.45, 7) is 9.39. The van der Waals surface area contributed by atoms with E-state index in [9.17, 15) is 0 Å². The molecule has 0 aliphatic carbocycles. The minimum atomic E-state index is 0.188. The average molecular weight is 207 g/mol. The van der Waals surface area contributed by atoms with Gasteiger partial charge in [-0.05, 0) is 33.3 Å². The molecule has 3 heteroatoms. The fraction of sp³-hybridized carbons (Fsp3) is 0.667. The topological polar surface area (TPSA) is 37.8 Å². The van der Waals surface area contributed by atoms with Crippen LogP contribution in [0.25, 0.3) is 0 Å². The first kappa shape index (κ1) is 12.1. The summed E-state index contributed by atoms with van der Waals surface area (Å²) in [5.41, 5.74) is 1.25. The maximum absolute atomic E-state index is 4.36. The van der Waals surface area contributed by atoms with Crippen LogP contribution in [0.3, 0.4) is 0 Å². The molecule has 0 amide bonds. The summed E-state index contributed by atoms with van der Waals surface area (Å²) < 4.78 is 0. The van der Waals surface area contributed by atoms with Crippen LogP contribution < -0.4 is 5.32 Å². The third-order valence-electron chi connectivity index (χ3n) is 2.46. The highest BCUT2D eigenvalue weighted by Crippen LogP contribution is 2.11. The number of aryl methyl sites for hydroxylation is 1. The molecule has 1 aromatic heterocycles. The second kappa shape index (κ2) is 5.21. The number of nitrogens with zero attached hydrogens (tertiary/aromatic N) is 2. The van der Waals surface area contributed by atoms with Gasteiger partial charge in [0.2, 0.25) is 0 Å². The predicted molar refractivity (Wildman–Crippen MR) is 62.6 cm³/mol. The zero-order valence-corrected chi connectivity index (χ0v) is 10.2. The van der Waals surface area contributed by atoms with Gasteiger partial charge in [0.05, 0.1) is 5.69 Å². The van der Waals surface area contributed by atoms with Crippen LogP contribution in [-0.4, -0.2) is 15.5 Å². The number of nitrogens with one attached hydrogen (secondary N) is 1. The lowest BCUT2D eigenvalue weighted by molar-refractivity contribution is 0.354. The average Bonchev–Trinajstić information content (AvgIpc) is 2.15. The molecule has 1 aromatic rings. The molecular formula is C12H21N3. The van der Waals surface area contributed by atoms with Crippen molar-refractivity contribution >= 4 is 0 Å². The Morgan fingerprint density at radius 2 is 2.13 bits per heavy atom. The van der Waals surface area contributed by atoms with Gasteiger partial charge in [0.15, 0.2) is 0 Å². The molecule has 0 bridgehead atoms. The lowest BCUT2D eigenvalue weighted by Crippen LogP contribution is -2.38. The summed E-state index contributed by atoms with van der Waals surface area (Å²) >= 11 is 0. The molecule has 0 fully saturated rings. The van der Waals surface area contributed by atoms with Crippen molar-refractivity contribution in [3.8, 4) is 0 Å². The molecule has 1 N–H and O–H groups in total. The van der Waals surface area contributed by atoms with Crippen molar-refractivity contribution in [2.45, 2.75) is 52.6 Å². The van der Waals surface area contributed by atoms with Crippen molar-refractivity contribution in [3.05, 3.63) is 23.8 Å². The fourth-order valence-electron chi connectivity index (χ4n) is 1.65. The van der Waals surface area contributed by atoms with Crippen LogP contribution in [0.15, 0.2) is 12.3 Å². The highest BCUT2D eigenvalue weighted by atomic mass is 15.0. The molecule has 0 saturated heterocycles. The molecule has 0 aromatic carbocycles. The molecule has 0 saturated carbocycles. The normalized spacial score (nSPS) is 11.7. The van der Waals surface area contributed by atoms with E-state index in [-0.39, 0.29) is 5.54 Å². The standard InChI is InChI=1S/C12H21N3/c1-5-7-12(3,4)14-9-11-6-8-13-10(2)15-11/h6,8,14H,5,7,9H2,1-4H3. The molecule has 0 radical (unpaired) electrons. The number of hydrogen-bond donors (Lipinski definition) is 1. The quantitative estimate of drug-likeness (QED) is 0.806. The van der Waals surface area contributed by atoms with Gasteiger partial charge in [-0.3, -0.25) is 0 Å². The number of aromatic nitrogens is 2. The van der Waals surface area contributed by atoms with Gasteiger partial charge in [-0.15, -0.1) is 0 Å². The molecule has 0 aliphatic heterocycles. The third kappa shape index (κ3) is 4.38. The monoisotopic (exact) mass is 207 g/mol. The largest absolute Gasteiger partial charge is 0.306 e. The third-order valence-corrected chi connectivity index (χ3v) is 2.46. The summed E-state index contributed by atoms with van der Waals surface area (Å²) in [5.74, 6) is 0.836. The molecule has 15 heavy (non-hydrogen) atoms. The minimum absolute atomic E-state index is 0.188. The molecular weight excluding hydrogens is 186 g/mol. The Labute approximate surface area is 92.3 Å². The van der Waals surface area contributed by atoms with E-state index in [0.717, 1.165) is 18.1 Å². The highest BCUT2D eigenvalue weighted by molar-refractivity contribution is 5.01. The SMILES string of the molecule is CCCC(C)(C)NCc1ccnc(C)n1. The summed E-state index contributed by atoms with van der Waals surface area (Å²) in [6.07, 6.45) is 4.19. The van der Waals surface area contributed by atoms with Gasteiger partial charge < -0.3 is 5.32 Å². The number of hydrogen-bond acceptors (Lipinski definition) is 3. The van der Waals surface area contributed by atoms with E-state index in [1.54, 1.807) is 0 Å². The molecule has 0 atom stereocenters. The van der Waals surface area contributed by atoms with Crippen LogP contribution in [0.5, 0.6) is 0 Å². The summed E-state index contributed by atoms with van der Waals surface area (Å²) in [6, 6.07) is 1.96. The van der Waals surface area contributed by atoms with Crippen LogP contribution in [0.4, 0.5) is 0 Å². The molecule has 3 nitrogen and oxygen atoms in total.